The number of esters is 1. The molecule has 0 radical (unpaired) electrons. The standard InChI is InChI=1S/C14H18F2N2O2/c1-2-20-14(19)12-8-17-6-7-18(12)9-10-4-3-5-11(15)13(10)16/h3-5,12,17H,2,6-9H2,1H3. The Morgan fingerprint density at radius 2 is 2.30 bits per heavy atom. The molecule has 1 aliphatic heterocycles. The predicted molar refractivity (Wildman–Crippen MR) is 70.1 cm³/mol. The highest BCUT2D eigenvalue weighted by Crippen LogP contribution is 2.16. The average molecular weight is 284 g/mol. The Hall–Kier alpha value is -1.53. The minimum Gasteiger partial charge on any atom is -0.465 e. The largest absolute Gasteiger partial charge is 0.465 e. The van der Waals surface area contributed by atoms with Gasteiger partial charge in [0.2, 0.25) is 0 Å². The summed E-state index contributed by atoms with van der Waals surface area (Å²) in [6.07, 6.45) is 0. The molecule has 0 bridgehead atoms. The Labute approximate surface area is 116 Å². The highest BCUT2D eigenvalue weighted by atomic mass is 19.2. The number of nitrogens with zero attached hydrogens (tertiary/aromatic N) is 1. The maximum Gasteiger partial charge on any atom is 0.324 e. The molecule has 1 atom stereocenters. The van der Waals surface area contributed by atoms with Gasteiger partial charge in [-0.3, -0.25) is 9.69 Å². The lowest BCUT2D eigenvalue weighted by Gasteiger charge is -2.34. The van der Waals surface area contributed by atoms with Gasteiger partial charge in [0.1, 0.15) is 6.04 Å². The smallest absolute Gasteiger partial charge is 0.324 e. The Kier molecular flexibility index (Phi) is 5.03. The van der Waals surface area contributed by atoms with Crippen molar-refractivity contribution < 1.29 is 18.3 Å². The van der Waals surface area contributed by atoms with Crippen LogP contribution in [0.15, 0.2) is 18.2 Å². The molecule has 20 heavy (non-hydrogen) atoms. The number of nitrogens with one attached hydrogen (secondary N) is 1. The second kappa shape index (κ2) is 6.76. The van der Waals surface area contributed by atoms with Crippen molar-refractivity contribution >= 4 is 5.97 Å². The van der Waals surface area contributed by atoms with E-state index in [9.17, 15) is 13.6 Å². The molecule has 0 amide bonds. The molecule has 4 nitrogen and oxygen atoms in total. The summed E-state index contributed by atoms with van der Waals surface area (Å²) in [4.78, 5) is 13.7. The molecule has 1 saturated heterocycles. The third-order valence-electron chi connectivity index (χ3n) is 3.32. The third-order valence-corrected chi connectivity index (χ3v) is 3.32. The SMILES string of the molecule is CCOC(=O)C1CNCCN1Cc1cccc(F)c1F. The summed E-state index contributed by atoms with van der Waals surface area (Å²) in [5, 5.41) is 3.11. The van der Waals surface area contributed by atoms with E-state index in [0.29, 0.717) is 26.2 Å². The number of ether oxygens (including phenoxy) is 1. The van der Waals surface area contributed by atoms with Gasteiger partial charge in [0, 0.05) is 31.7 Å². The summed E-state index contributed by atoms with van der Waals surface area (Å²) in [5.41, 5.74) is 0.251. The number of piperazine rings is 1. The molecular weight excluding hydrogens is 266 g/mol. The second-order valence-corrected chi connectivity index (χ2v) is 4.66. The van der Waals surface area contributed by atoms with Gasteiger partial charge >= 0.3 is 5.97 Å². The Balaban J connectivity index is 2.12. The van der Waals surface area contributed by atoms with E-state index >= 15 is 0 Å². The zero-order valence-electron chi connectivity index (χ0n) is 11.4. The number of hydrogen-bond acceptors (Lipinski definition) is 4. The van der Waals surface area contributed by atoms with Crippen LogP contribution >= 0.6 is 0 Å². The molecule has 1 aromatic carbocycles. The highest BCUT2D eigenvalue weighted by Gasteiger charge is 2.30. The summed E-state index contributed by atoms with van der Waals surface area (Å²) in [6.45, 7) is 3.97. The topological polar surface area (TPSA) is 41.6 Å². The van der Waals surface area contributed by atoms with Gasteiger partial charge in [-0.2, -0.15) is 0 Å². The normalized spacial score (nSPS) is 19.9. The van der Waals surface area contributed by atoms with E-state index in [4.69, 9.17) is 4.74 Å². The molecule has 1 fully saturated rings. The van der Waals surface area contributed by atoms with Crippen molar-refractivity contribution in [2.75, 3.05) is 26.2 Å². The summed E-state index contributed by atoms with van der Waals surface area (Å²) < 4.78 is 31.9. The van der Waals surface area contributed by atoms with Crippen molar-refractivity contribution in [3.8, 4) is 0 Å². The number of carbonyl (C=O) groups excluding carboxylic acids is 1. The van der Waals surface area contributed by atoms with Crippen LogP contribution < -0.4 is 5.32 Å². The number of halogens is 2. The highest BCUT2D eigenvalue weighted by molar-refractivity contribution is 5.76. The van der Waals surface area contributed by atoms with Crippen LogP contribution in [0.25, 0.3) is 0 Å². The zero-order valence-corrected chi connectivity index (χ0v) is 11.4. The molecular formula is C14H18F2N2O2. The molecule has 2 rings (SSSR count). The van der Waals surface area contributed by atoms with Crippen LogP contribution in [0.3, 0.4) is 0 Å². The minimum absolute atomic E-state index is 0.189. The van der Waals surface area contributed by atoms with E-state index in [1.54, 1.807) is 6.92 Å². The van der Waals surface area contributed by atoms with Gasteiger partial charge in [0.05, 0.1) is 6.61 Å². The first-order valence-electron chi connectivity index (χ1n) is 6.67. The first kappa shape index (κ1) is 14.9. The molecule has 0 spiro atoms. The molecule has 0 aromatic heterocycles. The number of benzene rings is 1. The first-order chi connectivity index (χ1) is 9.63. The maximum atomic E-state index is 13.7. The second-order valence-electron chi connectivity index (χ2n) is 4.66. The van der Waals surface area contributed by atoms with Gasteiger partial charge in [0.25, 0.3) is 0 Å². The van der Waals surface area contributed by atoms with Gasteiger partial charge in [-0.25, -0.2) is 8.78 Å². The molecule has 110 valence electrons. The van der Waals surface area contributed by atoms with Crippen LogP contribution in [0.4, 0.5) is 8.78 Å². The van der Waals surface area contributed by atoms with Crippen molar-refractivity contribution in [2.24, 2.45) is 0 Å². The minimum atomic E-state index is -0.870. The Bertz CT molecular complexity index is 482. The summed E-state index contributed by atoms with van der Waals surface area (Å²) in [5.74, 6) is -2.06. The Morgan fingerprint density at radius 3 is 3.05 bits per heavy atom. The number of rotatable bonds is 4. The molecule has 6 heteroatoms. The van der Waals surface area contributed by atoms with Crippen LogP contribution in [-0.2, 0) is 16.1 Å². The summed E-state index contributed by atoms with van der Waals surface area (Å²) in [7, 11) is 0. The van der Waals surface area contributed by atoms with Gasteiger partial charge < -0.3 is 10.1 Å². The van der Waals surface area contributed by atoms with Crippen LogP contribution in [-0.4, -0.2) is 43.2 Å². The van der Waals surface area contributed by atoms with Gasteiger partial charge in [0.15, 0.2) is 11.6 Å². The van der Waals surface area contributed by atoms with E-state index in [1.807, 2.05) is 4.90 Å². The lowest BCUT2D eigenvalue weighted by Crippen LogP contribution is -2.55. The lowest BCUT2D eigenvalue weighted by molar-refractivity contribution is -0.150. The summed E-state index contributed by atoms with van der Waals surface area (Å²) in [6, 6.07) is 3.61. The van der Waals surface area contributed by atoms with E-state index in [-0.39, 0.29) is 18.1 Å². The fourth-order valence-corrected chi connectivity index (χ4v) is 2.30. The quantitative estimate of drug-likeness (QED) is 0.846. The van der Waals surface area contributed by atoms with Crippen molar-refractivity contribution in [3.63, 3.8) is 0 Å². The molecule has 0 saturated carbocycles. The zero-order chi connectivity index (χ0) is 14.5. The molecule has 1 aliphatic rings. The Morgan fingerprint density at radius 1 is 1.50 bits per heavy atom. The van der Waals surface area contributed by atoms with E-state index < -0.39 is 17.7 Å². The van der Waals surface area contributed by atoms with E-state index in [0.717, 1.165) is 6.07 Å². The van der Waals surface area contributed by atoms with Crippen molar-refractivity contribution in [3.05, 3.63) is 35.4 Å². The first-order valence-corrected chi connectivity index (χ1v) is 6.67. The van der Waals surface area contributed by atoms with E-state index in [1.165, 1.54) is 12.1 Å². The van der Waals surface area contributed by atoms with Crippen molar-refractivity contribution in [2.45, 2.75) is 19.5 Å². The van der Waals surface area contributed by atoms with Crippen molar-refractivity contribution in [1.82, 2.24) is 10.2 Å². The molecule has 1 N–H and O–H groups in total. The molecule has 0 aliphatic carbocycles. The third kappa shape index (κ3) is 3.32. The monoisotopic (exact) mass is 284 g/mol. The lowest BCUT2D eigenvalue weighted by atomic mass is 10.1. The van der Waals surface area contributed by atoms with Gasteiger partial charge in [-0.1, -0.05) is 12.1 Å². The van der Waals surface area contributed by atoms with E-state index in [2.05, 4.69) is 5.32 Å². The molecule has 1 aromatic rings. The van der Waals surface area contributed by atoms with Gasteiger partial charge in [-0.05, 0) is 13.0 Å². The van der Waals surface area contributed by atoms with Crippen LogP contribution in [0, 0.1) is 11.6 Å². The fraction of sp³-hybridized carbons (Fsp3) is 0.500. The molecule has 1 heterocycles. The summed E-state index contributed by atoms with van der Waals surface area (Å²) >= 11 is 0. The average Bonchev–Trinajstić information content (AvgIpc) is 2.45. The maximum absolute atomic E-state index is 13.7. The van der Waals surface area contributed by atoms with Gasteiger partial charge in [-0.15, -0.1) is 0 Å². The van der Waals surface area contributed by atoms with Crippen LogP contribution in [0.5, 0.6) is 0 Å². The number of hydrogen-bond donors (Lipinski definition) is 1. The molecule has 1 unspecified atom stereocenters. The van der Waals surface area contributed by atoms with Crippen molar-refractivity contribution in [1.29, 1.82) is 0 Å². The number of carbonyl (C=O) groups is 1. The van der Waals surface area contributed by atoms with Crippen LogP contribution in [0.1, 0.15) is 12.5 Å². The van der Waals surface area contributed by atoms with Crippen LogP contribution in [0.2, 0.25) is 0 Å². The fourth-order valence-electron chi connectivity index (χ4n) is 2.30. The predicted octanol–water partition coefficient (Wildman–Crippen LogP) is 1.30.